The van der Waals surface area contributed by atoms with Crippen LogP contribution in [0.3, 0.4) is 0 Å². The van der Waals surface area contributed by atoms with Crippen molar-refractivity contribution >= 4 is 17.0 Å². The van der Waals surface area contributed by atoms with E-state index >= 15 is 0 Å². The lowest BCUT2D eigenvalue weighted by Crippen LogP contribution is -2.11. The van der Waals surface area contributed by atoms with Gasteiger partial charge >= 0.3 is 0 Å². The van der Waals surface area contributed by atoms with Crippen molar-refractivity contribution in [1.29, 1.82) is 0 Å². The zero-order chi connectivity index (χ0) is 10.3. The number of H-pyrrole nitrogens is 1. The van der Waals surface area contributed by atoms with Gasteiger partial charge in [-0.05, 0) is 6.92 Å². The van der Waals surface area contributed by atoms with Gasteiger partial charge in [-0.25, -0.2) is 4.98 Å². The lowest BCUT2D eigenvalue weighted by molar-refractivity contribution is 0.0975. The number of aryl methyl sites for hydroxylation is 1. The minimum absolute atomic E-state index is 0.0239. The number of rotatable bonds is 1. The molecule has 72 valence electrons. The number of hydrogen-bond acceptors (Lipinski definition) is 4. The van der Waals surface area contributed by atoms with Crippen LogP contribution in [0.15, 0.2) is 15.5 Å². The smallest absolute Gasteiger partial charge is 0.284 e. The molecule has 0 unspecified atom stereocenters. The van der Waals surface area contributed by atoms with Gasteiger partial charge in [0.15, 0.2) is 5.76 Å². The molecule has 1 amide bonds. The summed E-state index contributed by atoms with van der Waals surface area (Å²) in [4.78, 5) is 28.4. The summed E-state index contributed by atoms with van der Waals surface area (Å²) in [6.45, 7) is 1.59. The van der Waals surface area contributed by atoms with E-state index < -0.39 is 5.91 Å². The Hall–Kier alpha value is -2.11. The minimum Gasteiger partial charge on any atom is -0.432 e. The molecule has 6 heteroatoms. The molecule has 0 aromatic carbocycles. The van der Waals surface area contributed by atoms with Crippen molar-refractivity contribution in [2.24, 2.45) is 5.73 Å². The molecule has 0 aliphatic heterocycles. The quantitative estimate of drug-likeness (QED) is 0.661. The highest BCUT2D eigenvalue weighted by Crippen LogP contribution is 2.18. The van der Waals surface area contributed by atoms with Gasteiger partial charge in [0.2, 0.25) is 5.71 Å². The van der Waals surface area contributed by atoms with E-state index in [1.807, 2.05) is 0 Å². The SMILES string of the molecule is Cc1c(C(N)=O)oc2nc[nH]c(=O)c12. The molecule has 0 aliphatic rings. The van der Waals surface area contributed by atoms with Gasteiger partial charge in [-0.3, -0.25) is 9.59 Å². The predicted molar refractivity (Wildman–Crippen MR) is 47.9 cm³/mol. The van der Waals surface area contributed by atoms with Crippen molar-refractivity contribution in [3.63, 3.8) is 0 Å². The van der Waals surface area contributed by atoms with Gasteiger partial charge < -0.3 is 15.1 Å². The van der Waals surface area contributed by atoms with E-state index in [0.717, 1.165) is 0 Å². The number of carbonyl (C=O) groups is 1. The highest BCUT2D eigenvalue weighted by Gasteiger charge is 2.17. The van der Waals surface area contributed by atoms with E-state index in [9.17, 15) is 9.59 Å². The summed E-state index contributed by atoms with van der Waals surface area (Å²) in [6, 6.07) is 0. The van der Waals surface area contributed by atoms with Gasteiger partial charge in [0, 0.05) is 5.56 Å². The molecule has 2 heterocycles. The van der Waals surface area contributed by atoms with Crippen molar-refractivity contribution in [2.75, 3.05) is 0 Å². The third-order valence-electron chi connectivity index (χ3n) is 1.96. The lowest BCUT2D eigenvalue weighted by Gasteiger charge is -1.87. The fourth-order valence-corrected chi connectivity index (χ4v) is 1.31. The molecule has 2 aromatic heterocycles. The molecule has 0 spiro atoms. The van der Waals surface area contributed by atoms with Gasteiger partial charge in [0.1, 0.15) is 5.39 Å². The van der Waals surface area contributed by atoms with Crippen LogP contribution in [-0.4, -0.2) is 15.9 Å². The Labute approximate surface area is 77.7 Å². The number of nitrogens with two attached hydrogens (primary N) is 1. The van der Waals surface area contributed by atoms with E-state index in [2.05, 4.69) is 9.97 Å². The van der Waals surface area contributed by atoms with Gasteiger partial charge in [-0.15, -0.1) is 0 Å². The Morgan fingerprint density at radius 2 is 2.36 bits per heavy atom. The number of fused-ring (bicyclic) bond motifs is 1. The van der Waals surface area contributed by atoms with Crippen LogP contribution in [-0.2, 0) is 0 Å². The van der Waals surface area contributed by atoms with Crippen LogP contribution >= 0.6 is 0 Å². The molecule has 0 aliphatic carbocycles. The number of nitrogens with one attached hydrogen (secondary N) is 1. The van der Waals surface area contributed by atoms with Crippen molar-refractivity contribution in [1.82, 2.24) is 9.97 Å². The average molecular weight is 193 g/mol. The standard InChI is InChI=1S/C8H7N3O3/c1-3-4-7(13)10-2-11-8(4)14-5(3)6(9)12/h2H,1H3,(H2,9,12)(H,10,11,13). The monoisotopic (exact) mass is 193 g/mol. The third-order valence-corrected chi connectivity index (χ3v) is 1.96. The number of amides is 1. The summed E-state index contributed by atoms with van der Waals surface area (Å²) in [5.41, 5.74) is 5.26. The second-order valence-electron chi connectivity index (χ2n) is 2.83. The zero-order valence-electron chi connectivity index (χ0n) is 7.33. The van der Waals surface area contributed by atoms with Crippen LogP contribution in [0.2, 0.25) is 0 Å². The Kier molecular flexibility index (Phi) is 1.63. The molecule has 2 aromatic rings. The fourth-order valence-electron chi connectivity index (χ4n) is 1.31. The summed E-state index contributed by atoms with van der Waals surface area (Å²) in [5.74, 6) is -0.732. The zero-order valence-corrected chi connectivity index (χ0v) is 7.33. The second kappa shape index (κ2) is 2.69. The first-order chi connectivity index (χ1) is 6.61. The largest absolute Gasteiger partial charge is 0.432 e. The normalized spacial score (nSPS) is 10.6. The summed E-state index contributed by atoms with van der Waals surface area (Å²) in [7, 11) is 0. The first-order valence-electron chi connectivity index (χ1n) is 3.88. The maximum absolute atomic E-state index is 11.3. The maximum Gasteiger partial charge on any atom is 0.284 e. The van der Waals surface area contributed by atoms with E-state index in [4.69, 9.17) is 10.2 Å². The molecule has 0 radical (unpaired) electrons. The van der Waals surface area contributed by atoms with Crippen LogP contribution in [0, 0.1) is 6.92 Å². The topological polar surface area (TPSA) is 102 Å². The molecule has 0 fully saturated rings. The van der Waals surface area contributed by atoms with Crippen LogP contribution in [0.4, 0.5) is 0 Å². The number of hydrogen-bond donors (Lipinski definition) is 2. The third kappa shape index (κ3) is 1.00. The van der Waals surface area contributed by atoms with Gasteiger partial charge in [-0.2, -0.15) is 0 Å². The number of aromatic amines is 1. The first-order valence-corrected chi connectivity index (χ1v) is 3.88. The van der Waals surface area contributed by atoms with Crippen LogP contribution in [0.5, 0.6) is 0 Å². The lowest BCUT2D eigenvalue weighted by atomic mass is 10.2. The summed E-state index contributed by atoms with van der Waals surface area (Å²) >= 11 is 0. The van der Waals surface area contributed by atoms with Crippen molar-refractivity contribution < 1.29 is 9.21 Å². The van der Waals surface area contributed by atoms with Crippen molar-refractivity contribution in [3.05, 3.63) is 28.0 Å². The molecular weight excluding hydrogens is 186 g/mol. The molecule has 2 rings (SSSR count). The van der Waals surface area contributed by atoms with Crippen LogP contribution in [0.1, 0.15) is 16.1 Å². The summed E-state index contributed by atoms with van der Waals surface area (Å²) in [5, 5.41) is 0.265. The van der Waals surface area contributed by atoms with Gasteiger partial charge in [0.25, 0.3) is 11.5 Å². The average Bonchev–Trinajstić information content (AvgIpc) is 2.45. The molecule has 3 N–H and O–H groups in total. The highest BCUT2D eigenvalue weighted by atomic mass is 16.4. The number of furan rings is 1. The molecule has 6 nitrogen and oxygen atoms in total. The highest BCUT2D eigenvalue weighted by molar-refractivity contribution is 5.96. The summed E-state index contributed by atoms with van der Waals surface area (Å²) < 4.78 is 5.04. The Morgan fingerprint density at radius 1 is 1.64 bits per heavy atom. The predicted octanol–water partition coefficient (Wildman–Crippen LogP) is -0.0766. The van der Waals surface area contributed by atoms with E-state index in [1.165, 1.54) is 6.33 Å². The van der Waals surface area contributed by atoms with Crippen molar-refractivity contribution in [2.45, 2.75) is 6.92 Å². The van der Waals surface area contributed by atoms with Gasteiger partial charge in [0.05, 0.1) is 6.33 Å². The number of nitrogens with zero attached hydrogens (tertiary/aromatic N) is 1. The number of carbonyl (C=O) groups excluding carboxylic acids is 1. The maximum atomic E-state index is 11.3. The summed E-state index contributed by atoms with van der Waals surface area (Å²) in [6.07, 6.45) is 1.21. The van der Waals surface area contributed by atoms with E-state index in [1.54, 1.807) is 6.92 Å². The Bertz CT molecular complexity index is 567. The van der Waals surface area contributed by atoms with Gasteiger partial charge in [-0.1, -0.05) is 0 Å². The fraction of sp³-hybridized carbons (Fsp3) is 0.125. The molecule has 0 saturated heterocycles. The molecule has 0 saturated carbocycles. The number of aromatic nitrogens is 2. The van der Waals surface area contributed by atoms with Crippen LogP contribution in [0.25, 0.3) is 11.1 Å². The minimum atomic E-state index is -0.708. The molecular formula is C8H7N3O3. The molecule has 0 atom stereocenters. The van der Waals surface area contributed by atoms with Crippen LogP contribution < -0.4 is 11.3 Å². The Balaban J connectivity index is 2.94. The number of primary amides is 1. The Morgan fingerprint density at radius 3 is 2.93 bits per heavy atom. The molecule has 0 bridgehead atoms. The molecule has 14 heavy (non-hydrogen) atoms. The van der Waals surface area contributed by atoms with E-state index in [0.29, 0.717) is 5.56 Å². The van der Waals surface area contributed by atoms with E-state index in [-0.39, 0.29) is 22.4 Å². The first kappa shape index (κ1) is 8.49. The van der Waals surface area contributed by atoms with Crippen molar-refractivity contribution in [3.8, 4) is 0 Å². The second-order valence-corrected chi connectivity index (χ2v) is 2.83.